The number of hydrogen-bond donors (Lipinski definition) is 3. The summed E-state index contributed by atoms with van der Waals surface area (Å²) in [4.78, 5) is 15.8. The maximum atomic E-state index is 13.7. The number of hydrogen-bond acceptors (Lipinski definition) is 4. The molecule has 3 N–H and O–H groups in total. The Hall–Kier alpha value is -2.28. The van der Waals surface area contributed by atoms with E-state index in [2.05, 4.69) is 0 Å². The van der Waals surface area contributed by atoms with Gasteiger partial charge < -0.3 is 15.3 Å². The first-order chi connectivity index (χ1) is 15.3. The van der Waals surface area contributed by atoms with Gasteiger partial charge in [-0.2, -0.15) is 0 Å². The summed E-state index contributed by atoms with van der Waals surface area (Å²) in [5.41, 5.74) is 4.37. The molecule has 0 spiro atoms. The fourth-order valence-electron chi connectivity index (χ4n) is 4.13. The zero-order chi connectivity index (χ0) is 22.8. The molecule has 2 atom stereocenters. The molecule has 0 saturated heterocycles. The normalized spacial score (nSPS) is 18.5. The highest BCUT2D eigenvalue weighted by atomic mass is 35.5. The van der Waals surface area contributed by atoms with Gasteiger partial charge in [0.2, 0.25) is 0 Å². The molecule has 1 heterocycles. The van der Waals surface area contributed by atoms with Crippen molar-refractivity contribution in [3.63, 3.8) is 0 Å². The predicted octanol–water partition coefficient (Wildman–Crippen LogP) is 5.29. The molecule has 2 aliphatic carbocycles. The Morgan fingerprint density at radius 1 is 1.16 bits per heavy atom. The van der Waals surface area contributed by atoms with E-state index in [4.69, 9.17) is 21.7 Å². The zero-order valence-corrected chi connectivity index (χ0v) is 18.4. The number of carboxylic acids is 1. The van der Waals surface area contributed by atoms with E-state index in [1.54, 1.807) is 18.2 Å². The quantitative estimate of drug-likeness (QED) is 0.474. The van der Waals surface area contributed by atoms with E-state index in [0.29, 0.717) is 22.4 Å². The van der Waals surface area contributed by atoms with Crippen molar-refractivity contribution in [2.75, 3.05) is 0 Å². The molecule has 32 heavy (non-hydrogen) atoms. The van der Waals surface area contributed by atoms with Gasteiger partial charge in [-0.25, -0.2) is 4.39 Å². The van der Waals surface area contributed by atoms with E-state index in [9.17, 15) is 19.4 Å². The third-order valence-electron chi connectivity index (χ3n) is 6.23. The number of carbonyl (C=O) groups is 1. The standard InChI is InChI=1S/C25H27ClFNO4/c26-22-10-16(27)6-8-19(22)21-13-23(14-2-1-3-14)28-25(15-4-5-15)20(21)9-7-17(29)11-18(30)12-24(31)32/h6-10,13-15,17-18,29-30H,1-5,11-12H2,(H,31,32)/b9-7+/t17-,18-/m1/s1. The second-order valence-electron chi connectivity index (χ2n) is 8.83. The van der Waals surface area contributed by atoms with Crippen LogP contribution in [0.2, 0.25) is 5.02 Å². The molecule has 1 aromatic carbocycles. The van der Waals surface area contributed by atoms with Crippen LogP contribution in [0.5, 0.6) is 0 Å². The molecular formula is C25H27ClFNO4. The number of aromatic nitrogens is 1. The van der Waals surface area contributed by atoms with E-state index in [0.717, 1.165) is 48.2 Å². The Morgan fingerprint density at radius 2 is 1.91 bits per heavy atom. The van der Waals surface area contributed by atoms with Crippen LogP contribution in [0.25, 0.3) is 17.2 Å². The fourth-order valence-corrected chi connectivity index (χ4v) is 4.40. The summed E-state index contributed by atoms with van der Waals surface area (Å²) in [5, 5.41) is 29.3. The summed E-state index contributed by atoms with van der Waals surface area (Å²) in [6.07, 6.45) is 6.14. The van der Waals surface area contributed by atoms with Crippen LogP contribution in [0, 0.1) is 5.82 Å². The maximum absolute atomic E-state index is 13.7. The summed E-state index contributed by atoms with van der Waals surface area (Å²) in [5.74, 6) is -0.772. The van der Waals surface area contributed by atoms with Gasteiger partial charge in [0.25, 0.3) is 0 Å². The number of benzene rings is 1. The minimum atomic E-state index is -1.14. The average molecular weight is 460 g/mol. The van der Waals surface area contributed by atoms with Crippen LogP contribution in [-0.2, 0) is 4.79 Å². The van der Waals surface area contributed by atoms with E-state index in [1.807, 2.05) is 6.07 Å². The first-order valence-electron chi connectivity index (χ1n) is 11.1. The van der Waals surface area contributed by atoms with Gasteiger partial charge in [-0.15, -0.1) is 0 Å². The van der Waals surface area contributed by atoms with Gasteiger partial charge in [0, 0.05) is 35.1 Å². The van der Waals surface area contributed by atoms with Crippen molar-refractivity contribution in [3.05, 3.63) is 58.1 Å². The Morgan fingerprint density at radius 3 is 2.50 bits per heavy atom. The average Bonchev–Trinajstić information content (AvgIpc) is 3.49. The Kier molecular flexibility index (Phi) is 6.93. The van der Waals surface area contributed by atoms with Gasteiger partial charge in [0.1, 0.15) is 5.82 Å². The molecule has 1 aromatic heterocycles. The second-order valence-corrected chi connectivity index (χ2v) is 9.24. The van der Waals surface area contributed by atoms with Crippen LogP contribution < -0.4 is 0 Å². The Balaban J connectivity index is 1.73. The smallest absolute Gasteiger partial charge is 0.305 e. The first kappa shape index (κ1) is 22.9. The summed E-state index contributed by atoms with van der Waals surface area (Å²) < 4.78 is 13.7. The van der Waals surface area contributed by atoms with Crippen LogP contribution >= 0.6 is 11.6 Å². The number of aliphatic hydroxyl groups is 2. The van der Waals surface area contributed by atoms with Gasteiger partial charge in [0.05, 0.1) is 29.3 Å². The highest BCUT2D eigenvalue weighted by molar-refractivity contribution is 6.33. The molecule has 4 rings (SSSR count). The lowest BCUT2D eigenvalue weighted by atomic mass is 9.81. The number of rotatable bonds is 9. The van der Waals surface area contributed by atoms with Crippen LogP contribution in [-0.4, -0.2) is 38.5 Å². The Bertz CT molecular complexity index is 1030. The van der Waals surface area contributed by atoms with Crippen molar-refractivity contribution in [1.82, 2.24) is 4.98 Å². The topological polar surface area (TPSA) is 90.7 Å². The first-order valence-corrected chi connectivity index (χ1v) is 11.5. The molecule has 170 valence electrons. The summed E-state index contributed by atoms with van der Waals surface area (Å²) in [7, 11) is 0. The lowest BCUT2D eigenvalue weighted by molar-refractivity contribution is -0.139. The van der Waals surface area contributed by atoms with Crippen molar-refractivity contribution in [1.29, 1.82) is 0 Å². The molecule has 0 amide bonds. The number of aliphatic hydroxyl groups excluding tert-OH is 2. The van der Waals surface area contributed by atoms with Gasteiger partial charge in [-0.05, 0) is 55.5 Å². The highest BCUT2D eigenvalue weighted by Gasteiger charge is 2.31. The number of carboxylic acid groups (broad SMARTS) is 1. The lowest BCUT2D eigenvalue weighted by Crippen LogP contribution is -2.19. The monoisotopic (exact) mass is 459 g/mol. The molecule has 0 aliphatic heterocycles. The van der Waals surface area contributed by atoms with Crippen molar-refractivity contribution in [3.8, 4) is 11.1 Å². The third-order valence-corrected chi connectivity index (χ3v) is 6.54. The fraction of sp³-hybridized carbons (Fsp3) is 0.440. The minimum Gasteiger partial charge on any atom is -0.481 e. The van der Waals surface area contributed by atoms with E-state index in [1.165, 1.54) is 18.6 Å². The third kappa shape index (κ3) is 5.37. The van der Waals surface area contributed by atoms with E-state index in [-0.39, 0.29) is 6.42 Å². The molecule has 2 aliphatic rings. The minimum absolute atomic E-state index is 0.0816. The van der Waals surface area contributed by atoms with Gasteiger partial charge in [-0.3, -0.25) is 9.78 Å². The van der Waals surface area contributed by atoms with Crippen LogP contribution in [0.3, 0.4) is 0 Å². The van der Waals surface area contributed by atoms with E-state index >= 15 is 0 Å². The van der Waals surface area contributed by atoms with Crippen molar-refractivity contribution < 1.29 is 24.5 Å². The van der Waals surface area contributed by atoms with E-state index < -0.39 is 30.4 Å². The Labute approximate surface area is 191 Å². The SMILES string of the molecule is O=C(O)C[C@H](O)C[C@H](O)/C=C/c1c(-c2ccc(F)cc2Cl)cc(C2CCC2)nc1C1CC1. The van der Waals surface area contributed by atoms with Crippen molar-refractivity contribution in [2.45, 2.75) is 69.0 Å². The summed E-state index contributed by atoms with van der Waals surface area (Å²) in [6, 6.07) is 6.37. The molecule has 5 nitrogen and oxygen atoms in total. The molecule has 0 radical (unpaired) electrons. The zero-order valence-electron chi connectivity index (χ0n) is 17.7. The second kappa shape index (κ2) is 9.69. The molecule has 0 unspecified atom stereocenters. The molecular weight excluding hydrogens is 433 g/mol. The van der Waals surface area contributed by atoms with Crippen molar-refractivity contribution in [2.24, 2.45) is 0 Å². The predicted molar refractivity (Wildman–Crippen MR) is 121 cm³/mol. The summed E-state index contributed by atoms with van der Waals surface area (Å²) in [6.45, 7) is 0. The number of nitrogens with zero attached hydrogens (tertiary/aromatic N) is 1. The van der Waals surface area contributed by atoms with Gasteiger partial charge >= 0.3 is 5.97 Å². The van der Waals surface area contributed by atoms with Crippen molar-refractivity contribution >= 4 is 23.6 Å². The van der Waals surface area contributed by atoms with Gasteiger partial charge in [-0.1, -0.05) is 30.2 Å². The number of aliphatic carboxylic acids is 1. The highest BCUT2D eigenvalue weighted by Crippen LogP contribution is 2.46. The van der Waals surface area contributed by atoms with Gasteiger partial charge in [0.15, 0.2) is 0 Å². The number of halogens is 2. The maximum Gasteiger partial charge on any atom is 0.305 e. The molecule has 0 bridgehead atoms. The largest absolute Gasteiger partial charge is 0.481 e. The van der Waals surface area contributed by atoms with Crippen LogP contribution in [0.1, 0.15) is 73.7 Å². The lowest BCUT2D eigenvalue weighted by Gasteiger charge is -2.27. The molecule has 2 saturated carbocycles. The molecule has 7 heteroatoms. The van der Waals surface area contributed by atoms with Crippen LogP contribution in [0.15, 0.2) is 30.3 Å². The summed E-state index contributed by atoms with van der Waals surface area (Å²) >= 11 is 6.42. The van der Waals surface area contributed by atoms with Crippen LogP contribution in [0.4, 0.5) is 4.39 Å². The molecule has 2 aromatic rings. The number of pyridine rings is 1. The molecule has 2 fully saturated rings.